The van der Waals surface area contributed by atoms with E-state index in [2.05, 4.69) is 4.90 Å². The van der Waals surface area contributed by atoms with E-state index in [1.165, 1.54) is 29.9 Å². The molecule has 3 heterocycles. The molecule has 2 N–H and O–H groups in total. The van der Waals surface area contributed by atoms with Gasteiger partial charge in [0, 0.05) is 23.6 Å². The van der Waals surface area contributed by atoms with Gasteiger partial charge in [-0.1, -0.05) is 12.5 Å². The molecule has 2 aromatic rings. The molecule has 2 fully saturated rings. The highest BCUT2D eigenvalue weighted by Gasteiger charge is 2.45. The van der Waals surface area contributed by atoms with Crippen LogP contribution in [-0.4, -0.2) is 29.4 Å². The van der Waals surface area contributed by atoms with Gasteiger partial charge >= 0.3 is 6.18 Å². The first kappa shape index (κ1) is 22.1. The van der Waals surface area contributed by atoms with Gasteiger partial charge in [0.25, 0.3) is 0 Å². The molecule has 3 atom stereocenters. The van der Waals surface area contributed by atoms with Crippen molar-refractivity contribution in [3.63, 3.8) is 0 Å². The SMILES string of the molecule is Cl.NC(=O)c1cccc(C(F)(F)F)c1[C@@H](c1ccsc1)[C@H]1CC[C@H]2CCCCN21. The van der Waals surface area contributed by atoms with Crippen molar-refractivity contribution in [1.82, 2.24) is 4.90 Å². The van der Waals surface area contributed by atoms with Gasteiger partial charge in [-0.25, -0.2) is 0 Å². The first-order chi connectivity index (χ1) is 13.4. The molecule has 1 aromatic carbocycles. The lowest BCUT2D eigenvalue weighted by molar-refractivity contribution is -0.138. The quantitative estimate of drug-likeness (QED) is 0.682. The molecule has 0 unspecified atom stereocenters. The van der Waals surface area contributed by atoms with Crippen molar-refractivity contribution in [2.24, 2.45) is 5.73 Å². The van der Waals surface area contributed by atoms with Gasteiger partial charge in [0.2, 0.25) is 5.91 Å². The number of nitrogens with two attached hydrogens (primary N) is 1. The maximum atomic E-state index is 14.0. The number of benzene rings is 1. The average Bonchev–Trinajstić information content (AvgIpc) is 3.32. The lowest BCUT2D eigenvalue weighted by Crippen LogP contribution is -2.43. The fourth-order valence-corrected chi connectivity index (χ4v) is 5.75. The third kappa shape index (κ3) is 4.18. The normalized spacial score (nSPS) is 23.3. The number of amides is 1. The second kappa shape index (κ2) is 8.66. The lowest BCUT2D eigenvalue weighted by Gasteiger charge is -2.39. The Bertz CT molecular complexity index is 856. The molecule has 0 spiro atoms. The highest BCUT2D eigenvalue weighted by Crippen LogP contribution is 2.46. The molecule has 2 aliphatic heterocycles. The number of alkyl halides is 3. The van der Waals surface area contributed by atoms with Crippen molar-refractivity contribution in [1.29, 1.82) is 0 Å². The number of nitrogens with zero attached hydrogens (tertiary/aromatic N) is 1. The van der Waals surface area contributed by atoms with Gasteiger partial charge < -0.3 is 5.73 Å². The van der Waals surface area contributed by atoms with Crippen LogP contribution in [0.15, 0.2) is 35.0 Å². The molecule has 0 radical (unpaired) electrons. The fraction of sp³-hybridized carbons (Fsp3) is 0.476. The maximum absolute atomic E-state index is 14.0. The molecule has 1 aromatic heterocycles. The summed E-state index contributed by atoms with van der Waals surface area (Å²) in [5, 5.41) is 3.78. The number of hydrogen-bond donors (Lipinski definition) is 1. The topological polar surface area (TPSA) is 46.3 Å². The number of carbonyl (C=O) groups excluding carboxylic acids is 1. The van der Waals surface area contributed by atoms with E-state index < -0.39 is 23.6 Å². The molecule has 3 nitrogen and oxygen atoms in total. The first-order valence-corrected chi connectivity index (χ1v) is 10.6. The summed E-state index contributed by atoms with van der Waals surface area (Å²) in [5.74, 6) is -1.33. The summed E-state index contributed by atoms with van der Waals surface area (Å²) in [5.41, 5.74) is 5.63. The molecule has 29 heavy (non-hydrogen) atoms. The molecule has 2 aliphatic rings. The third-order valence-corrected chi connectivity index (χ3v) is 6.87. The van der Waals surface area contributed by atoms with Gasteiger partial charge in [0.1, 0.15) is 0 Å². The Labute approximate surface area is 178 Å². The number of primary amides is 1. The summed E-state index contributed by atoms with van der Waals surface area (Å²) in [4.78, 5) is 14.5. The second-order valence-electron chi connectivity index (χ2n) is 7.70. The molecule has 4 rings (SSSR count). The Morgan fingerprint density at radius 2 is 1.97 bits per heavy atom. The summed E-state index contributed by atoms with van der Waals surface area (Å²) < 4.78 is 41.9. The highest BCUT2D eigenvalue weighted by atomic mass is 35.5. The van der Waals surface area contributed by atoms with Crippen LogP contribution < -0.4 is 5.73 Å². The minimum Gasteiger partial charge on any atom is -0.366 e. The number of hydrogen-bond acceptors (Lipinski definition) is 3. The number of piperidine rings is 1. The smallest absolute Gasteiger partial charge is 0.366 e. The van der Waals surface area contributed by atoms with E-state index in [1.54, 1.807) is 0 Å². The van der Waals surface area contributed by atoms with Gasteiger partial charge in [-0.2, -0.15) is 24.5 Å². The van der Waals surface area contributed by atoms with Crippen molar-refractivity contribution in [2.45, 2.75) is 56.3 Å². The van der Waals surface area contributed by atoms with Gasteiger partial charge in [0.15, 0.2) is 0 Å². The van der Waals surface area contributed by atoms with Crippen LogP contribution in [0.25, 0.3) is 0 Å². The van der Waals surface area contributed by atoms with Crippen molar-refractivity contribution in [3.8, 4) is 0 Å². The molecular weight excluding hydrogens is 421 g/mol. The number of thiophene rings is 1. The zero-order valence-corrected chi connectivity index (χ0v) is 17.5. The highest BCUT2D eigenvalue weighted by molar-refractivity contribution is 7.08. The number of fused-ring (bicyclic) bond motifs is 1. The summed E-state index contributed by atoms with van der Waals surface area (Å²) in [6.07, 6.45) is 0.599. The molecule has 8 heteroatoms. The Hall–Kier alpha value is -1.57. The van der Waals surface area contributed by atoms with Gasteiger partial charge in [-0.05, 0) is 72.3 Å². The van der Waals surface area contributed by atoms with Crippen LogP contribution in [0.5, 0.6) is 0 Å². The number of halogens is 4. The molecule has 158 valence electrons. The van der Waals surface area contributed by atoms with E-state index >= 15 is 0 Å². The fourth-order valence-electron chi connectivity index (χ4n) is 5.05. The molecule has 0 saturated carbocycles. The zero-order chi connectivity index (χ0) is 19.9. The zero-order valence-electron chi connectivity index (χ0n) is 15.8. The molecule has 1 amide bonds. The van der Waals surface area contributed by atoms with E-state index in [9.17, 15) is 18.0 Å². The van der Waals surface area contributed by atoms with Crippen molar-refractivity contribution in [2.75, 3.05) is 6.54 Å². The standard InChI is InChI=1S/C21H23F3N2OS.ClH/c22-21(23,24)16-6-3-5-15(20(25)27)19(16)18(13-9-11-28-12-13)17-8-7-14-4-1-2-10-26(14)17;/h3,5-6,9,11-12,14,17-18H,1-2,4,7-8,10H2,(H2,25,27);1H/t14-,17-,18+;/m1./s1. The third-order valence-electron chi connectivity index (χ3n) is 6.17. The molecular formula is C21H24ClF3N2OS. The van der Waals surface area contributed by atoms with E-state index in [-0.39, 0.29) is 29.6 Å². The van der Waals surface area contributed by atoms with E-state index in [1.807, 2.05) is 16.8 Å². The largest absolute Gasteiger partial charge is 0.416 e. The number of carbonyl (C=O) groups is 1. The predicted molar refractivity (Wildman–Crippen MR) is 111 cm³/mol. The van der Waals surface area contributed by atoms with Crippen LogP contribution in [0.1, 0.15) is 65.1 Å². The Kier molecular flexibility index (Phi) is 6.61. The average molecular weight is 445 g/mol. The second-order valence-corrected chi connectivity index (χ2v) is 8.48. The van der Waals surface area contributed by atoms with Gasteiger partial charge in [-0.3, -0.25) is 9.69 Å². The summed E-state index contributed by atoms with van der Waals surface area (Å²) in [6.45, 7) is 0.899. The molecule has 0 aliphatic carbocycles. The van der Waals surface area contributed by atoms with Crippen molar-refractivity contribution < 1.29 is 18.0 Å². The monoisotopic (exact) mass is 444 g/mol. The predicted octanol–water partition coefficient (Wildman–Crippen LogP) is 5.44. The molecule has 2 saturated heterocycles. The number of rotatable bonds is 4. The molecule has 0 bridgehead atoms. The Morgan fingerprint density at radius 1 is 1.17 bits per heavy atom. The van der Waals surface area contributed by atoms with Crippen LogP contribution in [0.2, 0.25) is 0 Å². The first-order valence-electron chi connectivity index (χ1n) is 9.65. The van der Waals surface area contributed by atoms with Crippen molar-refractivity contribution in [3.05, 3.63) is 57.3 Å². The van der Waals surface area contributed by atoms with Crippen LogP contribution in [0, 0.1) is 0 Å². The Balaban J connectivity index is 0.00000240. The van der Waals surface area contributed by atoms with E-state index in [0.717, 1.165) is 43.9 Å². The maximum Gasteiger partial charge on any atom is 0.416 e. The Morgan fingerprint density at radius 3 is 2.62 bits per heavy atom. The summed E-state index contributed by atoms with van der Waals surface area (Å²) >= 11 is 1.46. The van der Waals surface area contributed by atoms with Crippen LogP contribution in [0.4, 0.5) is 13.2 Å². The van der Waals surface area contributed by atoms with Crippen LogP contribution in [-0.2, 0) is 6.18 Å². The van der Waals surface area contributed by atoms with Gasteiger partial charge in [0.05, 0.1) is 5.56 Å². The van der Waals surface area contributed by atoms with Crippen LogP contribution >= 0.6 is 23.7 Å². The summed E-state index contributed by atoms with van der Waals surface area (Å²) in [7, 11) is 0. The minimum atomic E-state index is -4.55. The van der Waals surface area contributed by atoms with Crippen LogP contribution in [0.3, 0.4) is 0 Å². The van der Waals surface area contributed by atoms with E-state index in [0.29, 0.717) is 6.04 Å². The van der Waals surface area contributed by atoms with Gasteiger partial charge in [-0.15, -0.1) is 12.4 Å². The summed E-state index contributed by atoms with van der Waals surface area (Å²) in [6, 6.07) is 6.02. The lowest BCUT2D eigenvalue weighted by atomic mass is 9.79. The van der Waals surface area contributed by atoms with E-state index in [4.69, 9.17) is 5.73 Å². The minimum absolute atomic E-state index is 0. The van der Waals surface area contributed by atoms with Crippen molar-refractivity contribution >= 4 is 29.7 Å².